The fourth-order valence-electron chi connectivity index (χ4n) is 3.62. The van der Waals surface area contributed by atoms with E-state index < -0.39 is 0 Å². The Morgan fingerprint density at radius 2 is 1.71 bits per heavy atom. The highest BCUT2D eigenvalue weighted by molar-refractivity contribution is 9.10. The van der Waals surface area contributed by atoms with E-state index in [1.54, 1.807) is 10.9 Å². The summed E-state index contributed by atoms with van der Waals surface area (Å²) in [5, 5.41) is 7.44. The molecule has 4 rings (SSSR count). The molecule has 5 nitrogen and oxygen atoms in total. The number of carbonyl (C=O) groups excluding carboxylic acids is 1. The molecule has 2 aromatic carbocycles. The summed E-state index contributed by atoms with van der Waals surface area (Å²) in [6.45, 7) is 6.17. The normalized spacial score (nSPS) is 13.8. The first-order valence-corrected chi connectivity index (χ1v) is 10.3. The van der Waals surface area contributed by atoms with Gasteiger partial charge in [0.05, 0.1) is 23.1 Å². The molecule has 0 radical (unpaired) electrons. The van der Waals surface area contributed by atoms with Gasteiger partial charge in [0, 0.05) is 28.9 Å². The summed E-state index contributed by atoms with van der Waals surface area (Å²) in [6, 6.07) is 14.1. The van der Waals surface area contributed by atoms with Gasteiger partial charge < -0.3 is 10.2 Å². The highest BCUT2D eigenvalue weighted by Crippen LogP contribution is 2.26. The second-order valence-electron chi connectivity index (χ2n) is 7.18. The monoisotopic (exact) mass is 438 g/mol. The highest BCUT2D eigenvalue weighted by atomic mass is 79.9. The minimum atomic E-state index is -0.141. The summed E-state index contributed by atoms with van der Waals surface area (Å²) < 4.78 is 2.79. The van der Waals surface area contributed by atoms with Gasteiger partial charge in [0.1, 0.15) is 0 Å². The van der Waals surface area contributed by atoms with Crippen LogP contribution in [0.2, 0.25) is 0 Å². The second-order valence-corrected chi connectivity index (χ2v) is 8.10. The Morgan fingerprint density at radius 1 is 1.04 bits per heavy atom. The zero-order chi connectivity index (χ0) is 19.7. The van der Waals surface area contributed by atoms with Crippen LogP contribution in [0.1, 0.15) is 34.5 Å². The molecule has 1 aliphatic heterocycles. The molecule has 0 unspecified atom stereocenters. The molecular formula is C22H23BrN4O. The molecule has 0 saturated carbocycles. The van der Waals surface area contributed by atoms with Gasteiger partial charge in [-0.3, -0.25) is 4.79 Å². The van der Waals surface area contributed by atoms with Crippen LogP contribution in [0.15, 0.2) is 53.1 Å². The molecule has 144 valence electrons. The topological polar surface area (TPSA) is 50.2 Å². The number of halogens is 1. The SMILES string of the molecule is Cc1cc(N2CCCC2)ccc1NC(=O)c1cnn(-c2ccc(Br)cc2)c1C. The number of carbonyl (C=O) groups is 1. The summed E-state index contributed by atoms with van der Waals surface area (Å²) in [5.74, 6) is -0.141. The van der Waals surface area contributed by atoms with Gasteiger partial charge >= 0.3 is 0 Å². The van der Waals surface area contributed by atoms with Crippen LogP contribution in [0.25, 0.3) is 5.69 Å². The van der Waals surface area contributed by atoms with Crippen LogP contribution < -0.4 is 10.2 Å². The summed E-state index contributed by atoms with van der Waals surface area (Å²) >= 11 is 3.44. The van der Waals surface area contributed by atoms with Gasteiger partial charge in [0.2, 0.25) is 0 Å². The molecule has 1 fully saturated rings. The smallest absolute Gasteiger partial charge is 0.259 e. The summed E-state index contributed by atoms with van der Waals surface area (Å²) in [5.41, 5.74) is 5.44. The van der Waals surface area contributed by atoms with Crippen molar-refractivity contribution in [2.45, 2.75) is 26.7 Å². The third-order valence-electron chi connectivity index (χ3n) is 5.26. The molecule has 3 aromatic rings. The fourth-order valence-corrected chi connectivity index (χ4v) is 3.89. The van der Waals surface area contributed by atoms with Crippen molar-refractivity contribution in [1.82, 2.24) is 9.78 Å². The maximum Gasteiger partial charge on any atom is 0.259 e. The van der Waals surface area contributed by atoms with E-state index in [4.69, 9.17) is 0 Å². The molecule has 2 heterocycles. The molecule has 0 spiro atoms. The minimum absolute atomic E-state index is 0.141. The van der Waals surface area contributed by atoms with Gasteiger partial charge in [-0.05, 0) is 74.7 Å². The number of nitrogens with one attached hydrogen (secondary N) is 1. The average Bonchev–Trinajstić information content (AvgIpc) is 3.34. The van der Waals surface area contributed by atoms with Crippen molar-refractivity contribution in [2.24, 2.45) is 0 Å². The van der Waals surface area contributed by atoms with Crippen LogP contribution in [-0.2, 0) is 0 Å². The Balaban J connectivity index is 1.53. The van der Waals surface area contributed by atoms with Gasteiger partial charge in [0.25, 0.3) is 5.91 Å². The predicted molar refractivity (Wildman–Crippen MR) is 117 cm³/mol. The first-order chi connectivity index (χ1) is 13.5. The Hall–Kier alpha value is -2.60. The Morgan fingerprint density at radius 3 is 2.39 bits per heavy atom. The van der Waals surface area contributed by atoms with Crippen LogP contribution in [0.4, 0.5) is 11.4 Å². The molecule has 1 saturated heterocycles. The molecule has 0 atom stereocenters. The summed E-state index contributed by atoms with van der Waals surface area (Å²) in [4.78, 5) is 15.2. The van der Waals surface area contributed by atoms with Gasteiger partial charge in [-0.25, -0.2) is 4.68 Å². The number of nitrogens with zero attached hydrogens (tertiary/aromatic N) is 3. The second kappa shape index (κ2) is 7.80. The largest absolute Gasteiger partial charge is 0.372 e. The number of hydrogen-bond acceptors (Lipinski definition) is 3. The minimum Gasteiger partial charge on any atom is -0.372 e. The molecule has 6 heteroatoms. The standard InChI is InChI=1S/C22H23BrN4O/c1-15-13-19(26-11-3-4-12-26)9-10-21(15)25-22(28)20-14-24-27(16(20)2)18-7-5-17(23)6-8-18/h5-10,13-14H,3-4,11-12H2,1-2H3,(H,25,28). The number of amides is 1. The van der Waals surface area contributed by atoms with Crippen molar-refractivity contribution >= 4 is 33.2 Å². The lowest BCUT2D eigenvalue weighted by Crippen LogP contribution is -2.18. The molecule has 1 N–H and O–H groups in total. The predicted octanol–water partition coefficient (Wildman–Crippen LogP) is 5.10. The van der Waals surface area contributed by atoms with Gasteiger partial charge in [0.15, 0.2) is 0 Å². The van der Waals surface area contributed by atoms with Crippen LogP contribution >= 0.6 is 15.9 Å². The van der Waals surface area contributed by atoms with E-state index in [1.165, 1.54) is 18.5 Å². The number of hydrogen-bond donors (Lipinski definition) is 1. The Bertz CT molecular complexity index is 1000. The van der Waals surface area contributed by atoms with E-state index in [2.05, 4.69) is 43.4 Å². The number of aryl methyl sites for hydroxylation is 1. The number of aromatic nitrogens is 2. The van der Waals surface area contributed by atoms with Crippen LogP contribution in [0.3, 0.4) is 0 Å². The van der Waals surface area contributed by atoms with Crippen molar-refractivity contribution < 1.29 is 4.79 Å². The Kier molecular flexibility index (Phi) is 5.22. The molecule has 28 heavy (non-hydrogen) atoms. The third-order valence-corrected chi connectivity index (χ3v) is 5.78. The van der Waals surface area contributed by atoms with E-state index in [0.717, 1.165) is 40.2 Å². The zero-order valence-electron chi connectivity index (χ0n) is 16.1. The van der Waals surface area contributed by atoms with Crippen molar-refractivity contribution in [3.63, 3.8) is 0 Å². The van der Waals surface area contributed by atoms with Crippen LogP contribution in [-0.4, -0.2) is 28.8 Å². The molecule has 0 aliphatic carbocycles. The Labute approximate surface area is 173 Å². The first-order valence-electron chi connectivity index (χ1n) is 9.50. The molecule has 1 aromatic heterocycles. The third kappa shape index (κ3) is 3.69. The number of anilines is 2. The first kappa shape index (κ1) is 18.7. The molecule has 1 aliphatic rings. The zero-order valence-corrected chi connectivity index (χ0v) is 17.7. The number of rotatable bonds is 4. The van der Waals surface area contributed by atoms with Crippen molar-refractivity contribution in [3.05, 3.63) is 70.0 Å². The quantitative estimate of drug-likeness (QED) is 0.615. The molecule has 0 bridgehead atoms. The van der Waals surface area contributed by atoms with Crippen LogP contribution in [0.5, 0.6) is 0 Å². The highest BCUT2D eigenvalue weighted by Gasteiger charge is 2.17. The lowest BCUT2D eigenvalue weighted by atomic mass is 10.1. The van der Waals surface area contributed by atoms with Gasteiger partial charge in [-0.1, -0.05) is 15.9 Å². The van der Waals surface area contributed by atoms with Crippen molar-refractivity contribution in [3.8, 4) is 5.69 Å². The lowest BCUT2D eigenvalue weighted by Gasteiger charge is -2.19. The molecule has 1 amide bonds. The van der Waals surface area contributed by atoms with Gasteiger partial charge in [-0.2, -0.15) is 5.10 Å². The maximum atomic E-state index is 12.8. The molecular weight excluding hydrogens is 416 g/mol. The summed E-state index contributed by atoms with van der Waals surface area (Å²) in [6.07, 6.45) is 4.12. The number of benzene rings is 2. The van der Waals surface area contributed by atoms with E-state index in [1.807, 2.05) is 44.2 Å². The van der Waals surface area contributed by atoms with E-state index in [0.29, 0.717) is 5.56 Å². The average molecular weight is 439 g/mol. The van der Waals surface area contributed by atoms with E-state index in [-0.39, 0.29) is 5.91 Å². The fraction of sp³-hybridized carbons (Fsp3) is 0.273. The van der Waals surface area contributed by atoms with E-state index in [9.17, 15) is 4.79 Å². The maximum absolute atomic E-state index is 12.8. The van der Waals surface area contributed by atoms with Gasteiger partial charge in [-0.15, -0.1) is 0 Å². The van der Waals surface area contributed by atoms with E-state index >= 15 is 0 Å². The summed E-state index contributed by atoms with van der Waals surface area (Å²) in [7, 11) is 0. The van der Waals surface area contributed by atoms with Crippen molar-refractivity contribution in [2.75, 3.05) is 23.3 Å². The lowest BCUT2D eigenvalue weighted by molar-refractivity contribution is 0.102. The van der Waals surface area contributed by atoms with Crippen molar-refractivity contribution in [1.29, 1.82) is 0 Å². The van der Waals surface area contributed by atoms with Crippen LogP contribution in [0, 0.1) is 13.8 Å².